The molecule has 2 rings (SSSR count). The van der Waals surface area contributed by atoms with Gasteiger partial charge < -0.3 is 10.4 Å². The van der Waals surface area contributed by atoms with Gasteiger partial charge in [0.05, 0.1) is 5.69 Å². The van der Waals surface area contributed by atoms with Gasteiger partial charge in [-0.15, -0.1) is 0 Å². The number of nitrogens with one attached hydrogen (secondary N) is 1. The van der Waals surface area contributed by atoms with Crippen molar-refractivity contribution in [1.82, 2.24) is 15.1 Å². The third-order valence-corrected chi connectivity index (χ3v) is 2.61. The Morgan fingerprint density at radius 1 is 1.33 bits per heavy atom. The molecule has 94 valence electrons. The zero-order valence-electron chi connectivity index (χ0n) is 10.3. The van der Waals surface area contributed by atoms with Gasteiger partial charge in [-0.05, 0) is 26.1 Å². The van der Waals surface area contributed by atoms with Crippen LogP contribution < -0.4 is 10.9 Å². The molecule has 0 radical (unpaired) electrons. The van der Waals surface area contributed by atoms with Crippen molar-refractivity contribution in [1.29, 1.82) is 0 Å². The predicted octanol–water partition coefficient (Wildman–Crippen LogP) is 0.966. The molecule has 2 aromatic rings. The third-order valence-electron chi connectivity index (χ3n) is 2.61. The van der Waals surface area contributed by atoms with Crippen molar-refractivity contribution in [2.75, 3.05) is 7.05 Å². The Hall–Kier alpha value is -2.14. The highest BCUT2D eigenvalue weighted by Crippen LogP contribution is 2.12. The van der Waals surface area contributed by atoms with E-state index in [0.717, 1.165) is 5.56 Å². The maximum Gasteiger partial charge on any atom is 0.275 e. The van der Waals surface area contributed by atoms with Crippen LogP contribution in [0.3, 0.4) is 0 Å². The first-order valence-corrected chi connectivity index (χ1v) is 5.65. The molecule has 0 saturated heterocycles. The van der Waals surface area contributed by atoms with E-state index in [0.29, 0.717) is 17.9 Å². The second kappa shape index (κ2) is 5.01. The van der Waals surface area contributed by atoms with Gasteiger partial charge in [0.25, 0.3) is 5.56 Å². The van der Waals surface area contributed by atoms with E-state index in [1.165, 1.54) is 10.7 Å². The fraction of sp³-hybridized carbons (Fsp3) is 0.231. The lowest BCUT2D eigenvalue weighted by Gasteiger charge is -2.08. The van der Waals surface area contributed by atoms with Gasteiger partial charge in [0.1, 0.15) is 11.4 Å². The van der Waals surface area contributed by atoms with E-state index in [-0.39, 0.29) is 11.3 Å². The van der Waals surface area contributed by atoms with Crippen LogP contribution in [0.1, 0.15) is 11.3 Å². The molecule has 1 heterocycles. The van der Waals surface area contributed by atoms with E-state index in [9.17, 15) is 9.90 Å². The topological polar surface area (TPSA) is 67.2 Å². The van der Waals surface area contributed by atoms with E-state index < -0.39 is 0 Å². The van der Waals surface area contributed by atoms with Gasteiger partial charge in [0, 0.05) is 12.6 Å². The Kier molecular flexibility index (Phi) is 3.43. The molecule has 0 atom stereocenters. The number of benzene rings is 1. The summed E-state index contributed by atoms with van der Waals surface area (Å²) in [7, 11) is 1.75. The van der Waals surface area contributed by atoms with Crippen LogP contribution in [-0.2, 0) is 6.54 Å². The molecule has 5 heteroatoms. The summed E-state index contributed by atoms with van der Waals surface area (Å²) < 4.78 is 1.28. The van der Waals surface area contributed by atoms with Crippen LogP contribution in [0.5, 0.6) is 5.75 Å². The smallest absolute Gasteiger partial charge is 0.275 e. The SMILES string of the molecule is CNCc1nn(-c2ccc(C)cc2)c(=O)cc1O. The first-order chi connectivity index (χ1) is 8.61. The first kappa shape index (κ1) is 12.3. The molecular formula is C13H15N3O2. The van der Waals surface area contributed by atoms with Crippen LogP contribution in [0.25, 0.3) is 5.69 Å². The number of hydrogen-bond acceptors (Lipinski definition) is 4. The minimum absolute atomic E-state index is 0.0855. The Morgan fingerprint density at radius 3 is 2.61 bits per heavy atom. The molecule has 0 bridgehead atoms. The monoisotopic (exact) mass is 245 g/mol. The Labute approximate surface area is 105 Å². The minimum Gasteiger partial charge on any atom is -0.506 e. The van der Waals surface area contributed by atoms with Gasteiger partial charge in [-0.3, -0.25) is 4.79 Å². The van der Waals surface area contributed by atoms with Crippen molar-refractivity contribution in [3.05, 3.63) is 51.9 Å². The minimum atomic E-state index is -0.351. The molecule has 0 unspecified atom stereocenters. The highest BCUT2D eigenvalue weighted by atomic mass is 16.3. The highest BCUT2D eigenvalue weighted by Gasteiger charge is 2.08. The van der Waals surface area contributed by atoms with Crippen molar-refractivity contribution in [2.45, 2.75) is 13.5 Å². The lowest BCUT2D eigenvalue weighted by molar-refractivity contribution is 0.454. The molecule has 0 aliphatic carbocycles. The van der Waals surface area contributed by atoms with Gasteiger partial charge in [-0.2, -0.15) is 9.78 Å². The quantitative estimate of drug-likeness (QED) is 0.845. The van der Waals surface area contributed by atoms with Crippen LogP contribution >= 0.6 is 0 Å². The molecule has 1 aromatic carbocycles. The summed E-state index contributed by atoms with van der Waals surface area (Å²) in [6.07, 6.45) is 0. The van der Waals surface area contributed by atoms with Crippen molar-refractivity contribution < 1.29 is 5.11 Å². The van der Waals surface area contributed by atoms with E-state index >= 15 is 0 Å². The average Bonchev–Trinajstić information content (AvgIpc) is 2.34. The summed E-state index contributed by atoms with van der Waals surface area (Å²) in [6, 6.07) is 8.65. The van der Waals surface area contributed by atoms with Gasteiger partial charge in [-0.25, -0.2) is 0 Å². The predicted molar refractivity (Wildman–Crippen MR) is 69.0 cm³/mol. The van der Waals surface area contributed by atoms with E-state index in [1.54, 1.807) is 7.05 Å². The summed E-state index contributed by atoms with van der Waals surface area (Å²) in [4.78, 5) is 11.8. The van der Waals surface area contributed by atoms with E-state index in [4.69, 9.17) is 0 Å². The van der Waals surface area contributed by atoms with Crippen LogP contribution in [-0.4, -0.2) is 21.9 Å². The molecule has 0 amide bonds. The number of nitrogens with zero attached hydrogens (tertiary/aromatic N) is 2. The largest absolute Gasteiger partial charge is 0.506 e. The molecule has 2 N–H and O–H groups in total. The van der Waals surface area contributed by atoms with Crippen molar-refractivity contribution in [3.8, 4) is 11.4 Å². The molecule has 0 saturated carbocycles. The Morgan fingerprint density at radius 2 is 2.00 bits per heavy atom. The zero-order chi connectivity index (χ0) is 13.1. The molecule has 0 aliphatic rings. The fourth-order valence-electron chi connectivity index (χ4n) is 1.65. The van der Waals surface area contributed by atoms with Crippen LogP contribution in [0.2, 0.25) is 0 Å². The van der Waals surface area contributed by atoms with Gasteiger partial charge in [0.15, 0.2) is 0 Å². The van der Waals surface area contributed by atoms with Gasteiger partial charge in [0.2, 0.25) is 0 Å². The number of rotatable bonds is 3. The van der Waals surface area contributed by atoms with Crippen molar-refractivity contribution in [2.24, 2.45) is 0 Å². The van der Waals surface area contributed by atoms with Crippen LogP contribution in [0.15, 0.2) is 35.1 Å². The number of hydrogen-bond donors (Lipinski definition) is 2. The Bertz CT molecular complexity index is 603. The zero-order valence-corrected chi connectivity index (χ0v) is 10.3. The van der Waals surface area contributed by atoms with Crippen molar-refractivity contribution >= 4 is 0 Å². The summed E-state index contributed by atoms with van der Waals surface area (Å²) >= 11 is 0. The van der Waals surface area contributed by atoms with E-state index in [2.05, 4.69) is 10.4 Å². The molecule has 18 heavy (non-hydrogen) atoms. The molecular weight excluding hydrogens is 230 g/mol. The normalized spacial score (nSPS) is 10.6. The summed E-state index contributed by atoms with van der Waals surface area (Å²) in [6.45, 7) is 2.38. The molecule has 0 aliphatic heterocycles. The third kappa shape index (κ3) is 2.41. The number of aromatic hydroxyl groups is 1. The highest BCUT2D eigenvalue weighted by molar-refractivity contribution is 5.35. The lowest BCUT2D eigenvalue weighted by atomic mass is 10.2. The lowest BCUT2D eigenvalue weighted by Crippen LogP contribution is -2.23. The second-order valence-electron chi connectivity index (χ2n) is 4.09. The van der Waals surface area contributed by atoms with Crippen LogP contribution in [0.4, 0.5) is 0 Å². The molecule has 1 aromatic heterocycles. The molecule has 5 nitrogen and oxygen atoms in total. The van der Waals surface area contributed by atoms with Crippen molar-refractivity contribution in [3.63, 3.8) is 0 Å². The van der Waals surface area contributed by atoms with Gasteiger partial charge >= 0.3 is 0 Å². The molecule has 0 fully saturated rings. The Balaban J connectivity index is 2.53. The fourth-order valence-corrected chi connectivity index (χ4v) is 1.65. The average molecular weight is 245 g/mol. The number of aryl methyl sites for hydroxylation is 1. The van der Waals surface area contributed by atoms with Gasteiger partial charge in [-0.1, -0.05) is 17.7 Å². The first-order valence-electron chi connectivity index (χ1n) is 5.65. The summed E-state index contributed by atoms with van der Waals surface area (Å²) in [5, 5.41) is 16.7. The molecule has 0 spiro atoms. The second-order valence-corrected chi connectivity index (χ2v) is 4.09. The van der Waals surface area contributed by atoms with E-state index in [1.807, 2.05) is 31.2 Å². The maximum absolute atomic E-state index is 11.8. The standard InChI is InChI=1S/C13H15N3O2/c1-9-3-5-10(6-4-9)16-13(18)7-12(17)11(15-16)8-14-2/h3-7,14,17H,8H2,1-2H3. The number of aromatic nitrogens is 2. The maximum atomic E-state index is 11.8. The van der Waals surface area contributed by atoms with Crippen LogP contribution in [0, 0.1) is 6.92 Å². The summed E-state index contributed by atoms with van der Waals surface area (Å²) in [5.41, 5.74) is 1.89. The summed E-state index contributed by atoms with van der Waals surface area (Å²) in [5.74, 6) is -0.0855.